The van der Waals surface area contributed by atoms with Gasteiger partial charge in [0.25, 0.3) is 0 Å². The average molecular weight is 360 g/mol. The SMILES string of the molecule is CC(C(=O)Oc1ccc2c(c1)CCC2)c1ccc(-c2ccccc2)c(F)c1. The van der Waals surface area contributed by atoms with E-state index in [-0.39, 0.29) is 11.8 Å². The fourth-order valence-corrected chi connectivity index (χ4v) is 3.60. The molecule has 0 saturated heterocycles. The quantitative estimate of drug-likeness (QED) is 0.441. The van der Waals surface area contributed by atoms with Gasteiger partial charge in [-0.25, -0.2) is 4.39 Å². The normalized spacial score (nSPS) is 13.9. The average Bonchev–Trinajstić information content (AvgIpc) is 3.15. The minimum Gasteiger partial charge on any atom is -0.426 e. The number of benzene rings is 3. The van der Waals surface area contributed by atoms with Gasteiger partial charge in [0, 0.05) is 5.56 Å². The molecular weight excluding hydrogens is 339 g/mol. The van der Waals surface area contributed by atoms with Gasteiger partial charge in [0.15, 0.2) is 0 Å². The van der Waals surface area contributed by atoms with E-state index in [1.54, 1.807) is 19.1 Å². The highest BCUT2D eigenvalue weighted by molar-refractivity contribution is 5.80. The summed E-state index contributed by atoms with van der Waals surface area (Å²) in [7, 11) is 0. The number of halogens is 1. The first-order chi connectivity index (χ1) is 13.1. The number of carbonyl (C=O) groups excluding carboxylic acids is 1. The van der Waals surface area contributed by atoms with Gasteiger partial charge in [-0.1, -0.05) is 48.5 Å². The Morgan fingerprint density at radius 1 is 0.963 bits per heavy atom. The molecule has 1 unspecified atom stereocenters. The van der Waals surface area contributed by atoms with Crippen molar-refractivity contribution < 1.29 is 13.9 Å². The maximum Gasteiger partial charge on any atom is 0.318 e. The minimum absolute atomic E-state index is 0.337. The third-order valence-electron chi connectivity index (χ3n) is 5.22. The Balaban J connectivity index is 1.51. The first kappa shape index (κ1) is 17.5. The second-order valence-electron chi connectivity index (χ2n) is 7.03. The number of ether oxygens (including phenoxy) is 1. The van der Waals surface area contributed by atoms with Crippen LogP contribution in [0.1, 0.15) is 36.0 Å². The van der Waals surface area contributed by atoms with E-state index < -0.39 is 5.92 Å². The van der Waals surface area contributed by atoms with Gasteiger partial charge in [-0.05, 0) is 66.6 Å². The van der Waals surface area contributed by atoms with E-state index in [9.17, 15) is 9.18 Å². The third kappa shape index (κ3) is 3.63. The molecule has 0 bridgehead atoms. The molecule has 0 heterocycles. The smallest absolute Gasteiger partial charge is 0.318 e. The van der Waals surface area contributed by atoms with Crippen LogP contribution >= 0.6 is 0 Å². The van der Waals surface area contributed by atoms with E-state index in [1.165, 1.54) is 17.2 Å². The first-order valence-electron chi connectivity index (χ1n) is 9.30. The first-order valence-corrected chi connectivity index (χ1v) is 9.30. The van der Waals surface area contributed by atoms with Crippen LogP contribution in [0, 0.1) is 5.82 Å². The molecule has 3 aromatic carbocycles. The van der Waals surface area contributed by atoms with Gasteiger partial charge in [0.05, 0.1) is 5.92 Å². The molecule has 27 heavy (non-hydrogen) atoms. The Labute approximate surface area is 158 Å². The van der Waals surface area contributed by atoms with E-state index >= 15 is 0 Å². The maximum absolute atomic E-state index is 14.6. The number of aryl methyl sites for hydroxylation is 2. The number of hydrogen-bond donors (Lipinski definition) is 0. The van der Waals surface area contributed by atoms with Crippen LogP contribution in [0.5, 0.6) is 5.75 Å². The van der Waals surface area contributed by atoms with Crippen LogP contribution in [0.25, 0.3) is 11.1 Å². The predicted molar refractivity (Wildman–Crippen MR) is 104 cm³/mol. The Bertz CT molecular complexity index is 979. The van der Waals surface area contributed by atoms with Crippen molar-refractivity contribution in [3.05, 3.63) is 89.2 Å². The molecule has 1 atom stereocenters. The highest BCUT2D eigenvalue weighted by Crippen LogP contribution is 2.29. The van der Waals surface area contributed by atoms with Crippen LogP contribution < -0.4 is 4.74 Å². The van der Waals surface area contributed by atoms with Gasteiger partial charge >= 0.3 is 5.97 Å². The third-order valence-corrected chi connectivity index (χ3v) is 5.22. The molecule has 0 fully saturated rings. The van der Waals surface area contributed by atoms with Crippen LogP contribution in [-0.2, 0) is 17.6 Å². The summed E-state index contributed by atoms with van der Waals surface area (Å²) in [5.74, 6) is -0.692. The molecule has 0 spiro atoms. The Morgan fingerprint density at radius 2 is 1.74 bits per heavy atom. The van der Waals surface area contributed by atoms with Gasteiger partial charge < -0.3 is 4.74 Å². The molecule has 0 aromatic heterocycles. The van der Waals surface area contributed by atoms with Crippen molar-refractivity contribution in [3.8, 4) is 16.9 Å². The van der Waals surface area contributed by atoms with Gasteiger partial charge in [-0.2, -0.15) is 0 Å². The molecule has 4 rings (SSSR count). The summed E-state index contributed by atoms with van der Waals surface area (Å²) in [6.07, 6.45) is 3.27. The van der Waals surface area contributed by atoms with Crippen molar-refractivity contribution in [1.82, 2.24) is 0 Å². The fourth-order valence-electron chi connectivity index (χ4n) is 3.60. The zero-order valence-electron chi connectivity index (χ0n) is 15.2. The second kappa shape index (κ2) is 7.36. The lowest BCUT2D eigenvalue weighted by atomic mass is 9.97. The Kier molecular flexibility index (Phi) is 4.76. The largest absolute Gasteiger partial charge is 0.426 e. The molecule has 1 aliphatic carbocycles. The number of fused-ring (bicyclic) bond motifs is 1. The number of carbonyl (C=O) groups is 1. The molecular formula is C24H21FO2. The summed E-state index contributed by atoms with van der Waals surface area (Å²) in [6, 6.07) is 20.1. The molecule has 0 radical (unpaired) electrons. The van der Waals surface area contributed by atoms with Crippen molar-refractivity contribution in [2.45, 2.75) is 32.1 Å². The van der Waals surface area contributed by atoms with Crippen molar-refractivity contribution >= 4 is 5.97 Å². The summed E-state index contributed by atoms with van der Waals surface area (Å²) in [5, 5.41) is 0. The summed E-state index contributed by atoms with van der Waals surface area (Å²) < 4.78 is 20.1. The van der Waals surface area contributed by atoms with Gasteiger partial charge in [-0.15, -0.1) is 0 Å². The number of rotatable bonds is 4. The predicted octanol–water partition coefficient (Wildman–Crippen LogP) is 5.69. The van der Waals surface area contributed by atoms with Crippen LogP contribution in [0.2, 0.25) is 0 Å². The standard InChI is InChI=1S/C24H21FO2/c1-16(24(26)27-21-12-10-17-8-5-9-20(17)14-21)19-11-13-22(23(25)15-19)18-6-3-2-4-7-18/h2-4,6-7,10-16H,5,8-9H2,1H3. The van der Waals surface area contributed by atoms with E-state index in [4.69, 9.17) is 4.74 Å². The Morgan fingerprint density at radius 3 is 2.52 bits per heavy atom. The molecule has 0 aliphatic heterocycles. The molecule has 0 amide bonds. The monoisotopic (exact) mass is 360 g/mol. The summed E-state index contributed by atoms with van der Waals surface area (Å²) in [5.41, 5.74) is 4.54. The molecule has 1 aliphatic rings. The van der Waals surface area contributed by atoms with Gasteiger partial charge in [0.2, 0.25) is 0 Å². The van der Waals surface area contributed by atoms with Gasteiger partial charge in [-0.3, -0.25) is 4.79 Å². The topological polar surface area (TPSA) is 26.3 Å². The number of hydrogen-bond acceptors (Lipinski definition) is 2. The highest BCUT2D eigenvalue weighted by Gasteiger charge is 2.20. The molecule has 136 valence electrons. The zero-order valence-corrected chi connectivity index (χ0v) is 15.2. The molecule has 2 nitrogen and oxygen atoms in total. The van der Waals surface area contributed by atoms with E-state index in [1.807, 2.05) is 48.5 Å². The fraction of sp³-hybridized carbons (Fsp3) is 0.208. The second-order valence-corrected chi connectivity index (χ2v) is 7.03. The molecule has 3 heteroatoms. The van der Waals surface area contributed by atoms with Crippen LogP contribution in [0.4, 0.5) is 4.39 Å². The minimum atomic E-state index is -0.544. The molecule has 3 aromatic rings. The zero-order chi connectivity index (χ0) is 18.8. The lowest BCUT2D eigenvalue weighted by Gasteiger charge is -2.14. The van der Waals surface area contributed by atoms with E-state index in [2.05, 4.69) is 0 Å². The van der Waals surface area contributed by atoms with Crippen LogP contribution in [0.3, 0.4) is 0 Å². The van der Waals surface area contributed by atoms with Gasteiger partial charge in [0.1, 0.15) is 11.6 Å². The summed E-state index contributed by atoms with van der Waals surface area (Å²) >= 11 is 0. The maximum atomic E-state index is 14.6. The summed E-state index contributed by atoms with van der Waals surface area (Å²) in [6.45, 7) is 1.74. The molecule has 0 saturated carbocycles. The number of esters is 1. The summed E-state index contributed by atoms with van der Waals surface area (Å²) in [4.78, 5) is 12.5. The van der Waals surface area contributed by atoms with E-state index in [0.29, 0.717) is 16.9 Å². The van der Waals surface area contributed by atoms with Crippen molar-refractivity contribution in [2.75, 3.05) is 0 Å². The van der Waals surface area contributed by atoms with Crippen molar-refractivity contribution in [3.63, 3.8) is 0 Å². The highest BCUT2D eigenvalue weighted by atomic mass is 19.1. The van der Waals surface area contributed by atoms with Crippen molar-refractivity contribution in [1.29, 1.82) is 0 Å². The van der Waals surface area contributed by atoms with Crippen LogP contribution in [-0.4, -0.2) is 5.97 Å². The van der Waals surface area contributed by atoms with Crippen molar-refractivity contribution in [2.24, 2.45) is 0 Å². The Hall–Kier alpha value is -2.94. The lowest BCUT2D eigenvalue weighted by Crippen LogP contribution is -2.16. The van der Waals surface area contributed by atoms with E-state index in [0.717, 1.165) is 24.8 Å². The lowest BCUT2D eigenvalue weighted by molar-refractivity contribution is -0.135. The molecule has 0 N–H and O–H groups in total. The van der Waals surface area contributed by atoms with Crippen LogP contribution in [0.15, 0.2) is 66.7 Å².